The normalized spacial score (nSPS) is 13.0. The van der Waals surface area contributed by atoms with E-state index in [1.165, 1.54) is 0 Å². The van der Waals surface area contributed by atoms with Crippen LogP contribution < -0.4 is 10.6 Å². The minimum absolute atomic E-state index is 0.0301. The molecule has 1 rings (SSSR count). The maximum absolute atomic E-state index is 11.8. The molecule has 4 nitrogen and oxygen atoms in total. The van der Waals surface area contributed by atoms with Gasteiger partial charge in [0.05, 0.1) is 11.9 Å². The average Bonchev–Trinajstić information content (AvgIpc) is 2.14. The van der Waals surface area contributed by atoms with E-state index >= 15 is 0 Å². The highest BCUT2D eigenvalue weighted by Gasteiger charge is 2.18. The summed E-state index contributed by atoms with van der Waals surface area (Å²) in [7, 11) is 0. The summed E-state index contributed by atoms with van der Waals surface area (Å²) >= 11 is 3.33. The molecule has 0 spiro atoms. The fraction of sp³-hybridized carbons (Fsp3) is 0.500. The summed E-state index contributed by atoms with van der Waals surface area (Å²) in [6, 6.07) is 1.58. The molecule has 5 heteroatoms. The van der Waals surface area contributed by atoms with Crippen LogP contribution in [0.25, 0.3) is 0 Å². The van der Waals surface area contributed by atoms with Crippen LogP contribution in [0.5, 0.6) is 0 Å². The van der Waals surface area contributed by atoms with Crippen molar-refractivity contribution in [2.45, 2.75) is 39.3 Å². The summed E-state index contributed by atoms with van der Waals surface area (Å²) in [6.45, 7) is 7.69. The van der Waals surface area contributed by atoms with Crippen molar-refractivity contribution in [3.05, 3.63) is 22.9 Å². The number of aromatic nitrogens is 1. The second-order valence-electron chi connectivity index (χ2n) is 5.00. The van der Waals surface area contributed by atoms with Crippen molar-refractivity contribution in [2.75, 3.05) is 5.32 Å². The van der Waals surface area contributed by atoms with Crippen LogP contribution in [-0.2, 0) is 4.79 Å². The van der Waals surface area contributed by atoms with Crippen molar-refractivity contribution >= 4 is 27.5 Å². The van der Waals surface area contributed by atoms with Crippen molar-refractivity contribution in [1.29, 1.82) is 0 Å². The monoisotopic (exact) mass is 299 g/mol. The first-order valence-electron chi connectivity index (χ1n) is 5.47. The molecule has 1 aromatic heterocycles. The third kappa shape index (κ3) is 5.17. The summed E-state index contributed by atoms with van der Waals surface area (Å²) in [5.41, 5.74) is 0.596. The van der Waals surface area contributed by atoms with Gasteiger partial charge in [-0.25, -0.2) is 0 Å². The number of pyridine rings is 1. The van der Waals surface area contributed by atoms with Gasteiger partial charge < -0.3 is 10.6 Å². The van der Waals surface area contributed by atoms with Gasteiger partial charge in [0.15, 0.2) is 0 Å². The van der Waals surface area contributed by atoms with E-state index in [4.69, 9.17) is 0 Å². The molecule has 0 radical (unpaired) electrons. The Labute approximate surface area is 110 Å². The summed E-state index contributed by atoms with van der Waals surface area (Å²) in [5, 5.41) is 6.02. The molecule has 17 heavy (non-hydrogen) atoms. The van der Waals surface area contributed by atoms with E-state index in [-0.39, 0.29) is 17.5 Å². The number of hydrogen-bond donors (Lipinski definition) is 2. The fourth-order valence-corrected chi connectivity index (χ4v) is 1.65. The summed E-state index contributed by atoms with van der Waals surface area (Å²) < 4.78 is 0.880. The molecule has 0 aliphatic rings. The predicted molar refractivity (Wildman–Crippen MR) is 72.9 cm³/mol. The molecule has 0 aliphatic carbocycles. The van der Waals surface area contributed by atoms with Gasteiger partial charge in [-0.15, -0.1) is 0 Å². The maximum Gasteiger partial charge on any atom is 0.242 e. The van der Waals surface area contributed by atoms with Crippen LogP contribution >= 0.6 is 15.9 Å². The van der Waals surface area contributed by atoms with E-state index in [0.29, 0.717) is 0 Å². The molecule has 0 saturated heterocycles. The summed E-state index contributed by atoms with van der Waals surface area (Å²) in [5.74, 6) is -0.0301. The number of rotatable bonds is 3. The average molecular weight is 300 g/mol. The van der Waals surface area contributed by atoms with Crippen LogP contribution in [-0.4, -0.2) is 22.5 Å². The molecule has 1 heterocycles. The van der Waals surface area contributed by atoms with Crippen LogP contribution in [0, 0.1) is 0 Å². The van der Waals surface area contributed by atoms with Crippen LogP contribution in [0.3, 0.4) is 0 Å². The molecule has 2 N–H and O–H groups in total. The summed E-state index contributed by atoms with van der Waals surface area (Å²) in [6.07, 6.45) is 3.39. The van der Waals surface area contributed by atoms with E-state index in [2.05, 4.69) is 31.5 Å². The van der Waals surface area contributed by atoms with Gasteiger partial charge in [0, 0.05) is 16.2 Å². The zero-order chi connectivity index (χ0) is 13.1. The highest BCUT2D eigenvalue weighted by molar-refractivity contribution is 9.10. The van der Waals surface area contributed by atoms with Gasteiger partial charge in [0.25, 0.3) is 0 Å². The third-order valence-corrected chi connectivity index (χ3v) is 2.41. The van der Waals surface area contributed by atoms with E-state index in [0.717, 1.165) is 10.2 Å². The largest absolute Gasteiger partial charge is 0.373 e. The first kappa shape index (κ1) is 14.0. The molecule has 1 atom stereocenters. The van der Waals surface area contributed by atoms with Gasteiger partial charge in [0.2, 0.25) is 5.91 Å². The summed E-state index contributed by atoms with van der Waals surface area (Å²) in [4.78, 5) is 15.9. The van der Waals surface area contributed by atoms with Gasteiger partial charge in [-0.3, -0.25) is 9.78 Å². The molecule has 1 unspecified atom stereocenters. The van der Waals surface area contributed by atoms with Crippen molar-refractivity contribution in [2.24, 2.45) is 0 Å². The Balaban J connectivity index is 2.60. The quantitative estimate of drug-likeness (QED) is 0.902. The lowest BCUT2D eigenvalue weighted by Gasteiger charge is -2.24. The van der Waals surface area contributed by atoms with Gasteiger partial charge in [0.1, 0.15) is 6.04 Å². The smallest absolute Gasteiger partial charge is 0.242 e. The Morgan fingerprint density at radius 2 is 2.06 bits per heavy atom. The molecular weight excluding hydrogens is 282 g/mol. The third-order valence-electron chi connectivity index (χ3n) is 1.98. The Hall–Kier alpha value is -1.10. The fourth-order valence-electron chi connectivity index (χ4n) is 1.28. The lowest BCUT2D eigenvalue weighted by atomic mass is 10.1. The van der Waals surface area contributed by atoms with E-state index in [9.17, 15) is 4.79 Å². The number of nitrogens with zero attached hydrogens (tertiary/aromatic N) is 1. The molecule has 0 aliphatic heterocycles. The zero-order valence-electron chi connectivity index (χ0n) is 10.5. The van der Waals surface area contributed by atoms with Gasteiger partial charge >= 0.3 is 0 Å². The van der Waals surface area contributed by atoms with E-state index in [1.54, 1.807) is 12.4 Å². The topological polar surface area (TPSA) is 54.0 Å². The molecular formula is C12H18BrN3O. The van der Waals surface area contributed by atoms with Gasteiger partial charge in [-0.05, 0) is 49.7 Å². The van der Waals surface area contributed by atoms with Crippen LogP contribution in [0.1, 0.15) is 27.7 Å². The first-order chi connectivity index (χ1) is 7.78. The van der Waals surface area contributed by atoms with Crippen molar-refractivity contribution in [1.82, 2.24) is 10.3 Å². The maximum atomic E-state index is 11.8. The van der Waals surface area contributed by atoms with Crippen molar-refractivity contribution < 1.29 is 4.79 Å². The Kier molecular flexibility index (Phi) is 4.51. The molecule has 0 bridgehead atoms. The molecule has 0 fully saturated rings. The second-order valence-corrected chi connectivity index (χ2v) is 5.91. The molecule has 1 aromatic rings. The highest BCUT2D eigenvalue weighted by atomic mass is 79.9. The Morgan fingerprint density at radius 1 is 1.41 bits per heavy atom. The SMILES string of the molecule is CC(Nc1cncc(Br)c1)C(=O)NC(C)(C)C. The van der Waals surface area contributed by atoms with Crippen LogP contribution in [0.4, 0.5) is 5.69 Å². The zero-order valence-corrected chi connectivity index (χ0v) is 12.1. The molecule has 0 saturated carbocycles. The van der Waals surface area contributed by atoms with Crippen molar-refractivity contribution in [3.63, 3.8) is 0 Å². The molecule has 1 amide bonds. The Morgan fingerprint density at radius 3 is 2.59 bits per heavy atom. The lowest BCUT2D eigenvalue weighted by Crippen LogP contribution is -2.47. The van der Waals surface area contributed by atoms with Crippen LogP contribution in [0.15, 0.2) is 22.9 Å². The minimum atomic E-state index is -0.301. The predicted octanol–water partition coefficient (Wildman–Crippen LogP) is 2.56. The standard InChI is InChI=1S/C12H18BrN3O/c1-8(11(17)16-12(2,3)4)15-10-5-9(13)6-14-7-10/h5-8,15H,1-4H3,(H,16,17). The highest BCUT2D eigenvalue weighted by Crippen LogP contribution is 2.14. The van der Waals surface area contributed by atoms with Crippen molar-refractivity contribution in [3.8, 4) is 0 Å². The number of anilines is 1. The van der Waals surface area contributed by atoms with Gasteiger partial charge in [-0.2, -0.15) is 0 Å². The molecule has 94 valence electrons. The number of carbonyl (C=O) groups is 1. The minimum Gasteiger partial charge on any atom is -0.373 e. The Bertz CT molecular complexity index is 401. The number of hydrogen-bond acceptors (Lipinski definition) is 3. The number of carbonyl (C=O) groups excluding carboxylic acids is 1. The number of nitrogens with one attached hydrogen (secondary N) is 2. The number of amides is 1. The molecule has 0 aromatic carbocycles. The first-order valence-corrected chi connectivity index (χ1v) is 6.26. The lowest BCUT2D eigenvalue weighted by molar-refractivity contribution is -0.122. The van der Waals surface area contributed by atoms with Crippen LogP contribution in [0.2, 0.25) is 0 Å². The number of halogens is 1. The second kappa shape index (κ2) is 5.49. The van der Waals surface area contributed by atoms with E-state index < -0.39 is 0 Å². The van der Waals surface area contributed by atoms with Gasteiger partial charge in [-0.1, -0.05) is 0 Å². The van der Waals surface area contributed by atoms with E-state index in [1.807, 2.05) is 33.8 Å².